The summed E-state index contributed by atoms with van der Waals surface area (Å²) in [5.74, 6) is 0. The molecule has 4 rings (SSSR count). The molecular weight excluding hydrogens is 298 g/mol. The lowest BCUT2D eigenvalue weighted by molar-refractivity contribution is 0.148. The van der Waals surface area contributed by atoms with Gasteiger partial charge in [0.25, 0.3) is 5.56 Å². The van der Waals surface area contributed by atoms with Crippen LogP contribution < -0.4 is 10.9 Å². The van der Waals surface area contributed by atoms with Crippen molar-refractivity contribution in [3.05, 3.63) is 45.8 Å². The van der Waals surface area contributed by atoms with Crippen LogP contribution in [0, 0.1) is 0 Å². The normalized spacial score (nSPS) is 25.0. The van der Waals surface area contributed by atoms with Gasteiger partial charge in [-0.1, -0.05) is 17.7 Å². The molecule has 2 aliphatic rings. The van der Waals surface area contributed by atoms with Gasteiger partial charge in [0.15, 0.2) is 0 Å². The molecule has 2 saturated heterocycles. The van der Waals surface area contributed by atoms with Crippen LogP contribution in [0.25, 0.3) is 10.8 Å². The summed E-state index contributed by atoms with van der Waals surface area (Å²) in [6.07, 6.45) is 4.46. The largest absolute Gasteiger partial charge is 0.314 e. The van der Waals surface area contributed by atoms with E-state index < -0.39 is 0 Å². The third-order valence-corrected chi connectivity index (χ3v) is 5.31. The molecule has 1 N–H and O–H groups in total. The summed E-state index contributed by atoms with van der Waals surface area (Å²) < 4.78 is 1.82. The van der Waals surface area contributed by atoms with E-state index in [-0.39, 0.29) is 5.56 Å². The van der Waals surface area contributed by atoms with Gasteiger partial charge in [-0.25, -0.2) is 0 Å². The second kappa shape index (κ2) is 5.69. The van der Waals surface area contributed by atoms with Gasteiger partial charge in [0.2, 0.25) is 0 Å². The Labute approximate surface area is 134 Å². The number of fused-ring (bicyclic) bond motifs is 3. The Balaban J connectivity index is 1.57. The number of pyridine rings is 1. The molecule has 0 radical (unpaired) electrons. The van der Waals surface area contributed by atoms with Crippen molar-refractivity contribution in [1.29, 1.82) is 0 Å². The molecule has 3 heterocycles. The first-order chi connectivity index (χ1) is 10.7. The van der Waals surface area contributed by atoms with Crippen molar-refractivity contribution in [3.8, 4) is 0 Å². The van der Waals surface area contributed by atoms with Crippen LogP contribution in [-0.2, 0) is 6.54 Å². The zero-order valence-electron chi connectivity index (χ0n) is 12.5. The van der Waals surface area contributed by atoms with Crippen molar-refractivity contribution in [2.45, 2.75) is 31.5 Å². The van der Waals surface area contributed by atoms with Gasteiger partial charge in [-0.05, 0) is 36.4 Å². The second-order valence-electron chi connectivity index (χ2n) is 6.33. The van der Waals surface area contributed by atoms with Crippen LogP contribution in [0.2, 0.25) is 5.02 Å². The van der Waals surface area contributed by atoms with Gasteiger partial charge in [0.1, 0.15) is 0 Å². The fraction of sp³-hybridized carbons (Fsp3) is 0.471. The summed E-state index contributed by atoms with van der Waals surface area (Å²) in [4.78, 5) is 15.2. The first-order valence-electron chi connectivity index (χ1n) is 7.97. The number of nitrogens with one attached hydrogen (secondary N) is 1. The quantitative estimate of drug-likeness (QED) is 0.942. The summed E-state index contributed by atoms with van der Waals surface area (Å²) in [5, 5.41) is 5.76. The molecular formula is C17H20ClN3O. The Hall–Kier alpha value is -1.36. The SMILES string of the molecule is O=c1c2cc(Cl)ccc2ccn1CCN1C2CCC1CNC2. The highest BCUT2D eigenvalue weighted by Crippen LogP contribution is 2.26. The lowest BCUT2D eigenvalue weighted by Crippen LogP contribution is -2.52. The standard InChI is InChI=1S/C17H20ClN3O/c18-13-2-1-12-5-6-20(17(22)16(12)9-13)7-8-21-14-3-4-15(21)11-19-10-14/h1-2,5-6,9,14-15,19H,3-4,7-8,10-11H2. The highest BCUT2D eigenvalue weighted by atomic mass is 35.5. The average Bonchev–Trinajstić information content (AvgIpc) is 2.75. The summed E-state index contributed by atoms with van der Waals surface area (Å²) in [6, 6.07) is 8.78. The van der Waals surface area contributed by atoms with Gasteiger partial charge in [0, 0.05) is 54.9 Å². The van der Waals surface area contributed by atoms with Crippen LogP contribution in [0.4, 0.5) is 0 Å². The molecule has 22 heavy (non-hydrogen) atoms. The minimum absolute atomic E-state index is 0.0579. The van der Waals surface area contributed by atoms with E-state index in [1.165, 1.54) is 12.8 Å². The van der Waals surface area contributed by atoms with E-state index in [2.05, 4.69) is 10.2 Å². The van der Waals surface area contributed by atoms with E-state index in [1.807, 2.05) is 29.0 Å². The summed E-state index contributed by atoms with van der Waals surface area (Å²) in [6.45, 7) is 3.86. The van der Waals surface area contributed by atoms with Crippen molar-refractivity contribution in [3.63, 3.8) is 0 Å². The van der Waals surface area contributed by atoms with E-state index in [0.29, 0.717) is 22.5 Å². The van der Waals surface area contributed by atoms with Crippen molar-refractivity contribution in [2.24, 2.45) is 0 Å². The lowest BCUT2D eigenvalue weighted by Gasteiger charge is -2.35. The Morgan fingerprint density at radius 2 is 1.91 bits per heavy atom. The summed E-state index contributed by atoms with van der Waals surface area (Å²) >= 11 is 6.02. The molecule has 2 aromatic rings. The van der Waals surface area contributed by atoms with Crippen molar-refractivity contribution in [1.82, 2.24) is 14.8 Å². The molecule has 2 atom stereocenters. The molecule has 1 aromatic heterocycles. The van der Waals surface area contributed by atoms with Gasteiger partial charge in [0.05, 0.1) is 0 Å². The number of aromatic nitrogens is 1. The fourth-order valence-corrected chi connectivity index (χ4v) is 4.06. The van der Waals surface area contributed by atoms with Crippen LogP contribution in [-0.4, -0.2) is 41.2 Å². The molecule has 0 spiro atoms. The molecule has 2 fully saturated rings. The number of hydrogen-bond acceptors (Lipinski definition) is 3. The van der Waals surface area contributed by atoms with Gasteiger partial charge in [-0.2, -0.15) is 0 Å². The van der Waals surface area contributed by atoms with E-state index in [9.17, 15) is 4.79 Å². The van der Waals surface area contributed by atoms with Crippen LogP contribution in [0.1, 0.15) is 12.8 Å². The molecule has 0 amide bonds. The van der Waals surface area contributed by atoms with Crippen LogP contribution >= 0.6 is 11.6 Å². The van der Waals surface area contributed by atoms with Gasteiger partial charge in [-0.15, -0.1) is 0 Å². The molecule has 2 bridgehead atoms. The van der Waals surface area contributed by atoms with Crippen molar-refractivity contribution < 1.29 is 0 Å². The van der Waals surface area contributed by atoms with Crippen molar-refractivity contribution in [2.75, 3.05) is 19.6 Å². The van der Waals surface area contributed by atoms with Crippen LogP contribution in [0.5, 0.6) is 0 Å². The number of hydrogen-bond donors (Lipinski definition) is 1. The number of benzene rings is 1. The third-order valence-electron chi connectivity index (χ3n) is 5.07. The fourth-order valence-electron chi connectivity index (χ4n) is 3.89. The highest BCUT2D eigenvalue weighted by Gasteiger charge is 2.35. The Morgan fingerprint density at radius 3 is 2.68 bits per heavy atom. The minimum atomic E-state index is 0.0579. The summed E-state index contributed by atoms with van der Waals surface area (Å²) in [7, 11) is 0. The van der Waals surface area contributed by atoms with Gasteiger partial charge < -0.3 is 9.88 Å². The second-order valence-corrected chi connectivity index (χ2v) is 6.76. The lowest BCUT2D eigenvalue weighted by atomic mass is 10.2. The average molecular weight is 318 g/mol. The zero-order chi connectivity index (χ0) is 15.1. The molecule has 0 aliphatic carbocycles. The number of halogens is 1. The Kier molecular flexibility index (Phi) is 3.68. The third kappa shape index (κ3) is 2.45. The molecule has 2 aliphatic heterocycles. The molecule has 4 nitrogen and oxygen atoms in total. The van der Waals surface area contributed by atoms with Crippen LogP contribution in [0.3, 0.4) is 0 Å². The van der Waals surface area contributed by atoms with E-state index in [0.717, 1.165) is 31.6 Å². The molecule has 1 aromatic carbocycles. The number of piperazine rings is 1. The van der Waals surface area contributed by atoms with Crippen LogP contribution in [0.15, 0.2) is 35.3 Å². The Morgan fingerprint density at radius 1 is 1.14 bits per heavy atom. The topological polar surface area (TPSA) is 37.3 Å². The smallest absolute Gasteiger partial charge is 0.258 e. The van der Waals surface area contributed by atoms with E-state index >= 15 is 0 Å². The van der Waals surface area contributed by atoms with Crippen molar-refractivity contribution >= 4 is 22.4 Å². The van der Waals surface area contributed by atoms with E-state index in [4.69, 9.17) is 11.6 Å². The highest BCUT2D eigenvalue weighted by molar-refractivity contribution is 6.31. The molecule has 116 valence electrons. The summed E-state index contributed by atoms with van der Waals surface area (Å²) in [5.41, 5.74) is 0.0579. The van der Waals surface area contributed by atoms with Gasteiger partial charge in [-0.3, -0.25) is 9.69 Å². The maximum absolute atomic E-state index is 12.6. The maximum atomic E-state index is 12.6. The molecule has 2 unspecified atom stereocenters. The first-order valence-corrected chi connectivity index (χ1v) is 8.35. The first kappa shape index (κ1) is 14.2. The molecule has 0 saturated carbocycles. The Bertz CT molecular complexity index is 741. The number of nitrogens with zero attached hydrogens (tertiary/aromatic N) is 2. The van der Waals surface area contributed by atoms with Gasteiger partial charge >= 0.3 is 0 Å². The minimum Gasteiger partial charge on any atom is -0.314 e. The maximum Gasteiger partial charge on any atom is 0.258 e. The predicted molar refractivity (Wildman–Crippen MR) is 89.6 cm³/mol. The number of rotatable bonds is 3. The predicted octanol–water partition coefficient (Wildman–Crippen LogP) is 2.09. The van der Waals surface area contributed by atoms with E-state index in [1.54, 1.807) is 6.07 Å². The molecule has 5 heteroatoms. The monoisotopic (exact) mass is 317 g/mol. The zero-order valence-corrected chi connectivity index (χ0v) is 13.2.